The first-order chi connectivity index (χ1) is 23.2. The Bertz CT molecular complexity index is 2540. The van der Waals surface area contributed by atoms with Gasteiger partial charge in [0.25, 0.3) is 5.82 Å². The van der Waals surface area contributed by atoms with Gasteiger partial charge < -0.3 is 4.42 Å². The summed E-state index contributed by atoms with van der Waals surface area (Å²) < 4.78 is 11.4. The summed E-state index contributed by atoms with van der Waals surface area (Å²) in [5.41, 5.74) is 13.4. The van der Waals surface area contributed by atoms with Crippen molar-refractivity contribution in [2.75, 3.05) is 0 Å². The second kappa shape index (κ2) is 11.0. The molecule has 2 aromatic heterocycles. The molecule has 0 atom stereocenters. The minimum Gasteiger partial charge on any atom is -0.455 e. The summed E-state index contributed by atoms with van der Waals surface area (Å²) in [7, 11) is 2.14. The van der Waals surface area contributed by atoms with Crippen molar-refractivity contribution in [3.63, 3.8) is 0 Å². The van der Waals surface area contributed by atoms with Crippen molar-refractivity contribution < 1.29 is 8.98 Å². The third kappa shape index (κ3) is 4.55. The number of fused-ring (bicyclic) bond motifs is 4. The number of rotatable bonds is 5. The van der Waals surface area contributed by atoms with Gasteiger partial charge in [0.05, 0.1) is 7.05 Å². The van der Waals surface area contributed by atoms with Crippen LogP contribution in [0.5, 0.6) is 0 Å². The summed E-state index contributed by atoms with van der Waals surface area (Å²) in [4.78, 5) is 0. The lowest BCUT2D eigenvalue weighted by Crippen LogP contribution is -2.30. The number of imidazole rings is 1. The van der Waals surface area contributed by atoms with E-state index in [1.165, 1.54) is 27.8 Å². The van der Waals surface area contributed by atoms with Crippen LogP contribution in [0.4, 0.5) is 0 Å². The van der Waals surface area contributed by atoms with E-state index in [1.807, 2.05) is 6.07 Å². The maximum absolute atomic E-state index is 6.73. The first kappa shape index (κ1) is 27.1. The van der Waals surface area contributed by atoms with Gasteiger partial charge in [-0.15, -0.1) is 0 Å². The molecule has 0 amide bonds. The molecule has 0 saturated heterocycles. The van der Waals surface area contributed by atoms with Crippen molar-refractivity contribution in [3.05, 3.63) is 170 Å². The highest BCUT2D eigenvalue weighted by molar-refractivity contribution is 6.10. The van der Waals surface area contributed by atoms with Gasteiger partial charge in [-0.2, -0.15) is 4.57 Å². The molecule has 0 aliphatic heterocycles. The topological polar surface area (TPSA) is 21.9 Å². The Labute approximate surface area is 273 Å². The monoisotopic (exact) mass is 603 g/mol. The van der Waals surface area contributed by atoms with E-state index in [-0.39, 0.29) is 0 Å². The molecule has 9 rings (SSSR count). The average molecular weight is 604 g/mol. The lowest BCUT2D eigenvalue weighted by atomic mass is 10.0. The normalized spacial score (nSPS) is 11.5. The third-order valence-corrected chi connectivity index (χ3v) is 9.31. The van der Waals surface area contributed by atoms with E-state index in [1.54, 1.807) is 0 Å². The highest BCUT2D eigenvalue weighted by Crippen LogP contribution is 2.38. The summed E-state index contributed by atoms with van der Waals surface area (Å²) in [6.07, 6.45) is 0. The zero-order valence-electron chi connectivity index (χ0n) is 26.0. The largest absolute Gasteiger partial charge is 0.455 e. The van der Waals surface area contributed by atoms with Crippen LogP contribution in [0.15, 0.2) is 174 Å². The summed E-state index contributed by atoms with van der Waals surface area (Å²) in [6.45, 7) is 0. The van der Waals surface area contributed by atoms with Crippen LogP contribution in [0, 0.1) is 0 Å². The van der Waals surface area contributed by atoms with Crippen LogP contribution in [0.1, 0.15) is 0 Å². The van der Waals surface area contributed by atoms with Crippen LogP contribution in [-0.4, -0.2) is 4.57 Å². The zero-order chi connectivity index (χ0) is 31.3. The standard InChI is InChI=1S/C44H31N2O/c1-45-40-17-8-9-18-41(40)46(36-26-23-34(24-27-36)33-21-19-32(20-22-33)30-11-4-2-5-12-30)44(45)39-16-10-15-38-37-28-25-35(29-42(37)47-43(38)39)31-13-6-3-7-14-31/h2-29H,1H3/q+1. The molecule has 222 valence electrons. The molecule has 0 fully saturated rings. The summed E-state index contributed by atoms with van der Waals surface area (Å²) in [6, 6.07) is 60.3. The van der Waals surface area contributed by atoms with Crippen LogP contribution >= 0.6 is 0 Å². The fourth-order valence-corrected chi connectivity index (χ4v) is 6.95. The Hall–Kier alpha value is -6.19. The number of benzene rings is 7. The number of nitrogens with zero attached hydrogens (tertiary/aromatic N) is 2. The lowest BCUT2D eigenvalue weighted by Gasteiger charge is -2.07. The number of para-hydroxylation sites is 3. The van der Waals surface area contributed by atoms with E-state index in [0.717, 1.165) is 55.6 Å². The molecular weight excluding hydrogens is 572 g/mol. The second-order valence-electron chi connectivity index (χ2n) is 12.1. The highest BCUT2D eigenvalue weighted by atomic mass is 16.3. The molecule has 7 aromatic carbocycles. The van der Waals surface area contributed by atoms with Crippen molar-refractivity contribution in [2.45, 2.75) is 0 Å². The molecule has 0 radical (unpaired) electrons. The number of aryl methyl sites for hydroxylation is 1. The fourth-order valence-electron chi connectivity index (χ4n) is 6.95. The van der Waals surface area contributed by atoms with Gasteiger partial charge in [0.2, 0.25) is 0 Å². The van der Waals surface area contributed by atoms with E-state index in [2.05, 4.69) is 180 Å². The first-order valence-electron chi connectivity index (χ1n) is 16.0. The predicted molar refractivity (Wildman–Crippen MR) is 193 cm³/mol. The van der Waals surface area contributed by atoms with Gasteiger partial charge in [-0.05, 0) is 75.8 Å². The van der Waals surface area contributed by atoms with Gasteiger partial charge in [-0.25, -0.2) is 4.57 Å². The molecule has 47 heavy (non-hydrogen) atoms. The summed E-state index contributed by atoms with van der Waals surface area (Å²) in [5, 5.41) is 2.23. The Morgan fingerprint density at radius 3 is 1.70 bits per heavy atom. The molecule has 3 heteroatoms. The van der Waals surface area contributed by atoms with E-state index in [4.69, 9.17) is 4.42 Å². The first-order valence-corrected chi connectivity index (χ1v) is 16.0. The smallest absolute Gasteiger partial charge is 0.298 e. The Kier molecular flexibility index (Phi) is 6.36. The fraction of sp³-hybridized carbons (Fsp3) is 0.0227. The van der Waals surface area contributed by atoms with Crippen molar-refractivity contribution >= 4 is 33.0 Å². The minimum absolute atomic E-state index is 0.891. The van der Waals surface area contributed by atoms with Gasteiger partial charge in [0, 0.05) is 10.8 Å². The molecule has 0 N–H and O–H groups in total. The van der Waals surface area contributed by atoms with Crippen LogP contribution in [0.3, 0.4) is 0 Å². The maximum atomic E-state index is 6.73. The van der Waals surface area contributed by atoms with E-state index in [0.29, 0.717) is 0 Å². The molecule has 0 saturated carbocycles. The number of furan rings is 1. The Morgan fingerprint density at radius 2 is 1.02 bits per heavy atom. The SMILES string of the molecule is C[n+]1c(-c2cccc3c2oc2cc(-c4ccccc4)ccc23)n(-c2ccc(-c3ccc(-c4ccccc4)cc3)cc2)c2ccccc21. The molecular formula is C44H31N2O+. The van der Waals surface area contributed by atoms with E-state index in [9.17, 15) is 0 Å². The second-order valence-corrected chi connectivity index (χ2v) is 12.1. The van der Waals surface area contributed by atoms with Crippen LogP contribution in [0.2, 0.25) is 0 Å². The molecule has 0 unspecified atom stereocenters. The Morgan fingerprint density at radius 1 is 0.468 bits per heavy atom. The number of hydrogen-bond acceptors (Lipinski definition) is 1. The summed E-state index contributed by atoms with van der Waals surface area (Å²) in [5.74, 6) is 1.07. The van der Waals surface area contributed by atoms with Crippen molar-refractivity contribution in [2.24, 2.45) is 7.05 Å². The van der Waals surface area contributed by atoms with Crippen LogP contribution < -0.4 is 4.57 Å². The van der Waals surface area contributed by atoms with Gasteiger partial charge in [-0.3, -0.25) is 0 Å². The minimum atomic E-state index is 0.891. The molecule has 0 spiro atoms. The highest BCUT2D eigenvalue weighted by Gasteiger charge is 2.28. The van der Waals surface area contributed by atoms with E-state index >= 15 is 0 Å². The molecule has 2 heterocycles. The van der Waals surface area contributed by atoms with E-state index < -0.39 is 0 Å². The lowest BCUT2D eigenvalue weighted by molar-refractivity contribution is -0.633. The molecule has 3 nitrogen and oxygen atoms in total. The maximum Gasteiger partial charge on any atom is 0.298 e. The Balaban J connectivity index is 1.17. The quantitative estimate of drug-likeness (QED) is 0.179. The number of aromatic nitrogens is 2. The molecule has 0 aliphatic carbocycles. The van der Waals surface area contributed by atoms with Crippen molar-refractivity contribution in [1.82, 2.24) is 4.57 Å². The zero-order valence-corrected chi connectivity index (χ0v) is 26.0. The third-order valence-electron chi connectivity index (χ3n) is 9.31. The summed E-state index contributed by atoms with van der Waals surface area (Å²) >= 11 is 0. The van der Waals surface area contributed by atoms with Gasteiger partial charge in [0.15, 0.2) is 16.6 Å². The molecule has 0 aliphatic rings. The van der Waals surface area contributed by atoms with Crippen LogP contribution in [-0.2, 0) is 7.05 Å². The molecule has 9 aromatic rings. The van der Waals surface area contributed by atoms with Gasteiger partial charge >= 0.3 is 0 Å². The van der Waals surface area contributed by atoms with Crippen molar-refractivity contribution in [1.29, 1.82) is 0 Å². The predicted octanol–water partition coefficient (Wildman–Crippen LogP) is 11.0. The van der Waals surface area contributed by atoms with Crippen LogP contribution in [0.25, 0.3) is 83.4 Å². The number of hydrogen-bond donors (Lipinski definition) is 0. The van der Waals surface area contributed by atoms with Gasteiger partial charge in [0.1, 0.15) is 16.8 Å². The van der Waals surface area contributed by atoms with Crippen molar-refractivity contribution in [3.8, 4) is 50.5 Å². The van der Waals surface area contributed by atoms with Gasteiger partial charge in [-0.1, -0.05) is 127 Å². The average Bonchev–Trinajstić information content (AvgIpc) is 3.67. The molecule has 0 bridgehead atoms.